The Hall–Kier alpha value is -2.17. The van der Waals surface area contributed by atoms with Crippen LogP contribution in [0.25, 0.3) is 0 Å². The molecular formula is C19H26N4O. The maximum absolute atomic E-state index is 12.7. The molecule has 0 saturated heterocycles. The number of rotatable bonds is 4. The standard InChI is InChI=1S/C19H26N4O/c1-19(2,3)17(12-23-9-8-20-13-23)22-18(24)15-10-14-6-4-5-7-16(14)21-11-15/h8-11,13,17H,4-7,12H2,1-3H3,(H,22,24)/t17-/m0/s1. The normalized spacial score (nSPS) is 15.6. The minimum absolute atomic E-state index is 0.00947. The highest BCUT2D eigenvalue weighted by molar-refractivity contribution is 5.94. The van der Waals surface area contributed by atoms with Crippen molar-refractivity contribution in [2.75, 3.05) is 0 Å². The topological polar surface area (TPSA) is 59.8 Å². The molecular weight excluding hydrogens is 300 g/mol. The van der Waals surface area contributed by atoms with E-state index in [1.54, 1.807) is 18.7 Å². The number of hydrogen-bond donors (Lipinski definition) is 1. The van der Waals surface area contributed by atoms with Crippen LogP contribution in [0.15, 0.2) is 31.0 Å². The zero-order chi connectivity index (χ0) is 17.2. The van der Waals surface area contributed by atoms with Gasteiger partial charge in [-0.05, 0) is 42.7 Å². The van der Waals surface area contributed by atoms with Crippen molar-refractivity contribution in [3.05, 3.63) is 47.8 Å². The molecule has 2 heterocycles. The molecule has 1 aliphatic carbocycles. The summed E-state index contributed by atoms with van der Waals surface area (Å²) in [6.45, 7) is 7.12. The molecule has 0 radical (unpaired) electrons. The van der Waals surface area contributed by atoms with Gasteiger partial charge in [-0.1, -0.05) is 20.8 Å². The Kier molecular flexibility index (Phi) is 4.69. The quantitative estimate of drug-likeness (QED) is 0.939. The van der Waals surface area contributed by atoms with Crippen molar-refractivity contribution < 1.29 is 4.79 Å². The van der Waals surface area contributed by atoms with Crippen molar-refractivity contribution in [1.82, 2.24) is 19.9 Å². The summed E-state index contributed by atoms with van der Waals surface area (Å²) in [5.41, 5.74) is 3.00. The summed E-state index contributed by atoms with van der Waals surface area (Å²) in [6, 6.07) is 2.03. The number of nitrogens with one attached hydrogen (secondary N) is 1. The van der Waals surface area contributed by atoms with Crippen molar-refractivity contribution >= 4 is 5.91 Å². The average molecular weight is 326 g/mol. The molecule has 3 rings (SSSR count). The Balaban J connectivity index is 1.75. The lowest BCUT2D eigenvalue weighted by Crippen LogP contribution is -2.46. The van der Waals surface area contributed by atoms with E-state index in [1.165, 1.54) is 18.4 Å². The van der Waals surface area contributed by atoms with Gasteiger partial charge >= 0.3 is 0 Å². The molecule has 2 aromatic rings. The molecule has 2 aromatic heterocycles. The van der Waals surface area contributed by atoms with E-state index in [0.717, 1.165) is 18.5 Å². The van der Waals surface area contributed by atoms with Gasteiger partial charge in [0.05, 0.1) is 17.9 Å². The fourth-order valence-corrected chi connectivity index (χ4v) is 3.10. The van der Waals surface area contributed by atoms with Gasteiger partial charge in [0.2, 0.25) is 0 Å². The van der Waals surface area contributed by atoms with Crippen molar-refractivity contribution in [1.29, 1.82) is 0 Å². The fraction of sp³-hybridized carbons (Fsp3) is 0.526. The van der Waals surface area contributed by atoms with Crippen LogP contribution in [0.1, 0.15) is 55.2 Å². The van der Waals surface area contributed by atoms with Gasteiger partial charge in [-0.3, -0.25) is 9.78 Å². The number of carbonyl (C=O) groups is 1. The molecule has 1 aliphatic rings. The molecule has 24 heavy (non-hydrogen) atoms. The Labute approximate surface area is 143 Å². The Morgan fingerprint density at radius 2 is 2.12 bits per heavy atom. The van der Waals surface area contributed by atoms with Crippen LogP contribution in [-0.2, 0) is 19.4 Å². The lowest BCUT2D eigenvalue weighted by atomic mass is 9.86. The molecule has 0 aromatic carbocycles. The summed E-state index contributed by atoms with van der Waals surface area (Å²) < 4.78 is 2.00. The van der Waals surface area contributed by atoms with E-state index in [9.17, 15) is 4.79 Å². The first-order valence-corrected chi connectivity index (χ1v) is 8.68. The van der Waals surface area contributed by atoms with Gasteiger partial charge in [-0.25, -0.2) is 4.98 Å². The predicted molar refractivity (Wildman–Crippen MR) is 93.8 cm³/mol. The maximum atomic E-state index is 12.7. The third kappa shape index (κ3) is 3.83. The summed E-state index contributed by atoms with van der Waals surface area (Å²) in [4.78, 5) is 21.3. The molecule has 128 valence electrons. The summed E-state index contributed by atoms with van der Waals surface area (Å²) in [5.74, 6) is -0.0455. The number of nitrogens with zero attached hydrogens (tertiary/aromatic N) is 3. The molecule has 1 N–H and O–H groups in total. The van der Waals surface area contributed by atoms with Crippen molar-refractivity contribution in [3.8, 4) is 0 Å². The molecule has 0 fully saturated rings. The van der Waals surface area contributed by atoms with Gasteiger partial charge < -0.3 is 9.88 Å². The van der Waals surface area contributed by atoms with Gasteiger partial charge in [0.1, 0.15) is 0 Å². The monoisotopic (exact) mass is 326 g/mol. The van der Waals surface area contributed by atoms with Gasteiger partial charge in [-0.2, -0.15) is 0 Å². The molecule has 0 unspecified atom stereocenters. The summed E-state index contributed by atoms with van der Waals surface area (Å²) in [5, 5.41) is 3.19. The third-order valence-electron chi connectivity index (χ3n) is 4.74. The van der Waals surface area contributed by atoms with Crippen molar-refractivity contribution in [3.63, 3.8) is 0 Å². The number of aryl methyl sites for hydroxylation is 2. The first-order valence-electron chi connectivity index (χ1n) is 8.68. The Morgan fingerprint density at radius 1 is 1.33 bits per heavy atom. The highest BCUT2D eigenvalue weighted by atomic mass is 16.1. The van der Waals surface area contributed by atoms with Crippen LogP contribution in [0.3, 0.4) is 0 Å². The number of hydrogen-bond acceptors (Lipinski definition) is 3. The Morgan fingerprint density at radius 3 is 2.83 bits per heavy atom. The molecule has 0 aliphatic heterocycles. The molecule has 0 spiro atoms. The van der Waals surface area contributed by atoms with E-state index in [4.69, 9.17) is 0 Å². The smallest absolute Gasteiger partial charge is 0.253 e. The number of carbonyl (C=O) groups excluding carboxylic acids is 1. The van der Waals surface area contributed by atoms with E-state index in [1.807, 2.05) is 16.8 Å². The van der Waals surface area contributed by atoms with E-state index in [2.05, 4.69) is 36.1 Å². The molecule has 0 bridgehead atoms. The third-order valence-corrected chi connectivity index (χ3v) is 4.74. The van der Waals surface area contributed by atoms with Gasteiger partial charge in [0.15, 0.2) is 0 Å². The highest BCUT2D eigenvalue weighted by Gasteiger charge is 2.27. The molecule has 5 heteroatoms. The van der Waals surface area contributed by atoms with Crippen LogP contribution in [-0.4, -0.2) is 26.5 Å². The van der Waals surface area contributed by atoms with E-state index >= 15 is 0 Å². The fourth-order valence-electron chi connectivity index (χ4n) is 3.10. The zero-order valence-corrected chi connectivity index (χ0v) is 14.7. The average Bonchev–Trinajstić information content (AvgIpc) is 3.06. The molecule has 1 atom stereocenters. The molecule has 1 amide bonds. The second-order valence-electron chi connectivity index (χ2n) is 7.69. The second-order valence-corrected chi connectivity index (χ2v) is 7.69. The van der Waals surface area contributed by atoms with E-state index < -0.39 is 0 Å². The van der Waals surface area contributed by atoms with Crippen LogP contribution in [0.4, 0.5) is 0 Å². The predicted octanol–water partition coefficient (Wildman–Crippen LogP) is 3.00. The number of pyridine rings is 1. The van der Waals surface area contributed by atoms with Crippen molar-refractivity contribution in [2.45, 2.75) is 59.0 Å². The highest BCUT2D eigenvalue weighted by Crippen LogP contribution is 2.23. The van der Waals surface area contributed by atoms with Crippen molar-refractivity contribution in [2.24, 2.45) is 5.41 Å². The SMILES string of the molecule is CC(C)(C)[C@H](Cn1ccnc1)NC(=O)c1cnc2c(c1)CCCC2. The first-order chi connectivity index (χ1) is 11.4. The second kappa shape index (κ2) is 6.75. The number of amides is 1. The lowest BCUT2D eigenvalue weighted by Gasteiger charge is -2.32. The number of aromatic nitrogens is 3. The van der Waals surface area contributed by atoms with Gasteiger partial charge in [0.25, 0.3) is 5.91 Å². The lowest BCUT2D eigenvalue weighted by molar-refractivity contribution is 0.0892. The largest absolute Gasteiger partial charge is 0.347 e. The molecule has 0 saturated carbocycles. The number of fused-ring (bicyclic) bond motifs is 1. The van der Waals surface area contributed by atoms with Crippen LogP contribution in [0, 0.1) is 5.41 Å². The van der Waals surface area contributed by atoms with Crippen LogP contribution >= 0.6 is 0 Å². The minimum Gasteiger partial charge on any atom is -0.347 e. The first kappa shape index (κ1) is 16.7. The van der Waals surface area contributed by atoms with Gasteiger partial charge in [-0.15, -0.1) is 0 Å². The molecule has 5 nitrogen and oxygen atoms in total. The maximum Gasteiger partial charge on any atom is 0.253 e. The Bertz CT molecular complexity index is 701. The van der Waals surface area contributed by atoms with Gasteiger partial charge in [0, 0.05) is 30.8 Å². The number of imidazole rings is 1. The zero-order valence-electron chi connectivity index (χ0n) is 14.7. The summed E-state index contributed by atoms with van der Waals surface area (Å²) in [6.07, 6.45) is 11.6. The van der Waals surface area contributed by atoms with E-state index in [-0.39, 0.29) is 17.4 Å². The summed E-state index contributed by atoms with van der Waals surface area (Å²) in [7, 11) is 0. The summed E-state index contributed by atoms with van der Waals surface area (Å²) >= 11 is 0. The van der Waals surface area contributed by atoms with Crippen LogP contribution in [0.5, 0.6) is 0 Å². The van der Waals surface area contributed by atoms with E-state index in [0.29, 0.717) is 12.1 Å². The van der Waals surface area contributed by atoms with Crippen LogP contribution < -0.4 is 5.32 Å². The van der Waals surface area contributed by atoms with Crippen LogP contribution in [0.2, 0.25) is 0 Å². The minimum atomic E-state index is -0.0540.